The summed E-state index contributed by atoms with van der Waals surface area (Å²) in [5.74, 6) is -1.24. The molecular formula is C22H34O6. The highest BCUT2D eigenvalue weighted by atomic mass is 16.5. The van der Waals surface area contributed by atoms with Crippen LogP contribution in [-0.2, 0) is 9.53 Å². The molecule has 4 saturated carbocycles. The number of aliphatic hydroxyl groups is 4. The maximum absolute atomic E-state index is 11.9. The van der Waals surface area contributed by atoms with Crippen molar-refractivity contribution >= 4 is 5.97 Å². The number of hydrogen-bond donors (Lipinski definition) is 4. The van der Waals surface area contributed by atoms with Gasteiger partial charge in [-0.05, 0) is 53.9 Å². The van der Waals surface area contributed by atoms with Crippen LogP contribution in [0.25, 0.3) is 0 Å². The van der Waals surface area contributed by atoms with Crippen molar-refractivity contribution in [3.63, 3.8) is 0 Å². The molecule has 4 aliphatic rings. The maximum Gasteiger partial charge on any atom is 0.303 e. The van der Waals surface area contributed by atoms with Gasteiger partial charge in [-0.15, -0.1) is 0 Å². The highest BCUT2D eigenvalue weighted by molar-refractivity contribution is 5.67. The molecule has 4 fully saturated rings. The van der Waals surface area contributed by atoms with Gasteiger partial charge in [0.25, 0.3) is 0 Å². The Labute approximate surface area is 166 Å². The smallest absolute Gasteiger partial charge is 0.303 e. The van der Waals surface area contributed by atoms with Crippen molar-refractivity contribution in [2.75, 3.05) is 6.61 Å². The fourth-order valence-electron chi connectivity index (χ4n) is 8.00. The van der Waals surface area contributed by atoms with E-state index in [9.17, 15) is 25.2 Å². The first kappa shape index (κ1) is 20.3. The summed E-state index contributed by atoms with van der Waals surface area (Å²) < 4.78 is 5.67. The van der Waals surface area contributed by atoms with Crippen LogP contribution in [0.1, 0.15) is 52.9 Å². The van der Waals surface area contributed by atoms with Crippen molar-refractivity contribution in [3.8, 4) is 0 Å². The number of aliphatic hydroxyl groups excluding tert-OH is 4. The lowest BCUT2D eigenvalue weighted by Gasteiger charge is -2.67. The number of hydrogen-bond acceptors (Lipinski definition) is 6. The minimum atomic E-state index is -1.05. The van der Waals surface area contributed by atoms with Crippen LogP contribution in [0.3, 0.4) is 0 Å². The molecule has 10 atom stereocenters. The fraction of sp³-hybridized carbons (Fsp3) is 0.864. The van der Waals surface area contributed by atoms with E-state index < -0.39 is 41.7 Å². The molecule has 2 bridgehead atoms. The highest BCUT2D eigenvalue weighted by Gasteiger charge is 2.76. The molecule has 0 heterocycles. The normalized spacial score (nSPS) is 55.4. The molecule has 4 aliphatic carbocycles. The molecular weight excluding hydrogens is 360 g/mol. The van der Waals surface area contributed by atoms with Crippen LogP contribution in [0.15, 0.2) is 12.2 Å². The van der Waals surface area contributed by atoms with Gasteiger partial charge in [0, 0.05) is 19.4 Å². The van der Waals surface area contributed by atoms with Gasteiger partial charge in [-0.25, -0.2) is 0 Å². The lowest BCUT2D eigenvalue weighted by molar-refractivity contribution is -0.269. The molecule has 0 saturated heterocycles. The van der Waals surface area contributed by atoms with Crippen LogP contribution < -0.4 is 0 Å². The van der Waals surface area contributed by atoms with Crippen molar-refractivity contribution in [2.24, 2.45) is 34.0 Å². The Balaban J connectivity index is 1.88. The van der Waals surface area contributed by atoms with E-state index in [2.05, 4.69) is 20.4 Å². The Morgan fingerprint density at radius 3 is 2.46 bits per heavy atom. The molecule has 0 amide bonds. The fourth-order valence-corrected chi connectivity index (χ4v) is 8.00. The van der Waals surface area contributed by atoms with Crippen LogP contribution in [0.4, 0.5) is 0 Å². The van der Waals surface area contributed by atoms with E-state index in [-0.39, 0.29) is 29.3 Å². The minimum absolute atomic E-state index is 0.0491. The quantitative estimate of drug-likeness (QED) is 0.417. The number of fused-ring (bicyclic) bond motifs is 3. The SMILES string of the molecule is C=C1[C@H]2[C@@H](O)[C@@]3([C@H](O)C[C@@H]4[C@@](C)(CO)CCC[C@@]4(C)[C@@H]3C[C@@H]2O)[C@@H]1OC(C)=O. The summed E-state index contributed by atoms with van der Waals surface area (Å²) in [6, 6.07) is 0. The predicted octanol–water partition coefficient (Wildman–Crippen LogP) is 1.40. The molecule has 6 heteroatoms. The molecule has 1 spiro atoms. The lowest BCUT2D eigenvalue weighted by atomic mass is 9.39. The molecule has 0 radical (unpaired) electrons. The molecule has 0 aromatic heterocycles. The van der Waals surface area contributed by atoms with Gasteiger partial charge >= 0.3 is 5.97 Å². The summed E-state index contributed by atoms with van der Waals surface area (Å²) in [6.45, 7) is 9.71. The van der Waals surface area contributed by atoms with E-state index in [0.717, 1.165) is 19.3 Å². The maximum atomic E-state index is 11.9. The van der Waals surface area contributed by atoms with Crippen LogP contribution in [0.5, 0.6) is 0 Å². The first-order valence-electron chi connectivity index (χ1n) is 10.5. The molecule has 6 nitrogen and oxygen atoms in total. The second-order valence-corrected chi connectivity index (χ2v) is 10.4. The monoisotopic (exact) mass is 394 g/mol. The van der Waals surface area contributed by atoms with Crippen molar-refractivity contribution in [1.29, 1.82) is 0 Å². The Morgan fingerprint density at radius 1 is 1.18 bits per heavy atom. The van der Waals surface area contributed by atoms with Gasteiger partial charge in [0.2, 0.25) is 0 Å². The minimum Gasteiger partial charge on any atom is -0.457 e. The number of ether oxygens (including phenoxy) is 1. The van der Waals surface area contributed by atoms with Gasteiger partial charge in [0.05, 0.1) is 23.7 Å². The number of carbonyl (C=O) groups is 1. The topological polar surface area (TPSA) is 107 Å². The Kier molecular flexibility index (Phi) is 4.55. The second kappa shape index (κ2) is 6.27. The summed E-state index contributed by atoms with van der Waals surface area (Å²) >= 11 is 0. The number of esters is 1. The third-order valence-electron chi connectivity index (χ3n) is 9.14. The average molecular weight is 395 g/mol. The van der Waals surface area contributed by atoms with Gasteiger partial charge in [-0.2, -0.15) is 0 Å². The summed E-state index contributed by atoms with van der Waals surface area (Å²) in [6.07, 6.45) is 0.121. The number of rotatable bonds is 2. The molecule has 158 valence electrons. The predicted molar refractivity (Wildman–Crippen MR) is 102 cm³/mol. The molecule has 4 N–H and O–H groups in total. The zero-order chi connectivity index (χ0) is 20.6. The molecule has 4 rings (SSSR count). The van der Waals surface area contributed by atoms with E-state index in [0.29, 0.717) is 18.4 Å². The zero-order valence-electron chi connectivity index (χ0n) is 17.1. The zero-order valence-corrected chi connectivity index (χ0v) is 17.1. The third-order valence-corrected chi connectivity index (χ3v) is 9.14. The van der Waals surface area contributed by atoms with Crippen molar-refractivity contribution < 1.29 is 30.0 Å². The van der Waals surface area contributed by atoms with Gasteiger partial charge in [-0.1, -0.05) is 26.8 Å². The first-order valence-corrected chi connectivity index (χ1v) is 10.5. The lowest BCUT2D eigenvalue weighted by Crippen LogP contribution is -2.69. The van der Waals surface area contributed by atoms with Crippen LogP contribution in [-0.4, -0.2) is 57.4 Å². The van der Waals surface area contributed by atoms with Crippen molar-refractivity contribution in [3.05, 3.63) is 12.2 Å². The largest absolute Gasteiger partial charge is 0.457 e. The molecule has 28 heavy (non-hydrogen) atoms. The first-order chi connectivity index (χ1) is 13.0. The Morgan fingerprint density at radius 2 is 1.86 bits per heavy atom. The summed E-state index contributed by atoms with van der Waals surface area (Å²) in [5.41, 5.74) is -1.13. The van der Waals surface area contributed by atoms with Gasteiger partial charge in [0.1, 0.15) is 6.10 Å². The van der Waals surface area contributed by atoms with Crippen LogP contribution >= 0.6 is 0 Å². The standard InChI is InChI=1S/C22H34O6/c1-11-17-13(25)8-15-21(4)7-5-6-20(3,10-23)14(21)9-16(26)22(15,18(17)27)19(11)28-12(2)24/h13-19,23,25-27H,1,5-10H2,2-4H3/t13-,14+,15-,16+,17+,18+,19+,20+,21+,22+/m0/s1. The summed E-state index contributed by atoms with van der Waals surface area (Å²) in [7, 11) is 0. The summed E-state index contributed by atoms with van der Waals surface area (Å²) in [4.78, 5) is 11.9. The van der Waals surface area contributed by atoms with Crippen molar-refractivity contribution in [1.82, 2.24) is 0 Å². The molecule has 0 aromatic rings. The molecule has 0 aliphatic heterocycles. The van der Waals surface area contributed by atoms with E-state index in [1.807, 2.05) is 0 Å². The number of carbonyl (C=O) groups excluding carboxylic acids is 1. The van der Waals surface area contributed by atoms with E-state index in [1.54, 1.807) is 0 Å². The van der Waals surface area contributed by atoms with E-state index >= 15 is 0 Å². The highest BCUT2D eigenvalue weighted by Crippen LogP contribution is 2.72. The van der Waals surface area contributed by atoms with Gasteiger partial charge < -0.3 is 25.2 Å². The van der Waals surface area contributed by atoms with Crippen molar-refractivity contribution in [2.45, 2.75) is 77.3 Å². The van der Waals surface area contributed by atoms with Gasteiger partial charge in [-0.3, -0.25) is 4.79 Å². The molecule has 0 unspecified atom stereocenters. The Hall–Kier alpha value is -0.950. The summed E-state index contributed by atoms with van der Waals surface area (Å²) in [5, 5.41) is 43.9. The Bertz CT molecular complexity index is 693. The molecule has 0 aromatic carbocycles. The van der Waals surface area contributed by atoms with E-state index in [1.165, 1.54) is 6.92 Å². The van der Waals surface area contributed by atoms with Crippen LogP contribution in [0.2, 0.25) is 0 Å². The van der Waals surface area contributed by atoms with Gasteiger partial charge in [0.15, 0.2) is 0 Å². The third kappa shape index (κ3) is 2.26. The average Bonchev–Trinajstić information content (AvgIpc) is 2.75. The van der Waals surface area contributed by atoms with Crippen LogP contribution in [0, 0.1) is 34.0 Å². The second-order valence-electron chi connectivity index (χ2n) is 10.4. The van der Waals surface area contributed by atoms with E-state index in [4.69, 9.17) is 4.74 Å².